The zero-order chi connectivity index (χ0) is 14.5. The van der Waals surface area contributed by atoms with Crippen molar-refractivity contribution < 1.29 is 23.9 Å². The third-order valence-electron chi connectivity index (χ3n) is 2.37. The van der Waals surface area contributed by atoms with Crippen LogP contribution in [0.15, 0.2) is 0 Å². The molecule has 106 valence electrons. The topological polar surface area (TPSA) is 130 Å². The van der Waals surface area contributed by atoms with Gasteiger partial charge in [-0.25, -0.2) is 0 Å². The van der Waals surface area contributed by atoms with Gasteiger partial charge < -0.3 is 20.8 Å². The van der Waals surface area contributed by atoms with Gasteiger partial charge in [-0.1, -0.05) is 20.8 Å². The van der Waals surface area contributed by atoms with Gasteiger partial charge in [0, 0.05) is 0 Å². The molecule has 0 saturated heterocycles. The number of hydrogen-bond donors (Lipinski definition) is 4. The van der Waals surface area contributed by atoms with E-state index in [1.807, 2.05) is 13.8 Å². The molecule has 0 rings (SSSR count). The fraction of sp³-hybridized carbons (Fsp3) is 0.800. The summed E-state index contributed by atoms with van der Waals surface area (Å²) in [5.74, 6) is -0.360. The fourth-order valence-electron chi connectivity index (χ4n) is 1.44. The van der Waals surface area contributed by atoms with E-state index in [0.29, 0.717) is 6.42 Å². The second-order valence-corrected chi connectivity index (χ2v) is 6.12. The predicted molar refractivity (Wildman–Crippen MR) is 66.7 cm³/mol. The summed E-state index contributed by atoms with van der Waals surface area (Å²) in [6.45, 7) is 5.34. The van der Waals surface area contributed by atoms with Crippen molar-refractivity contribution in [3.8, 4) is 0 Å². The molecule has 0 radical (unpaired) electrons. The Balaban J connectivity index is 4.60. The van der Waals surface area contributed by atoms with Gasteiger partial charge in [0.15, 0.2) is 0 Å². The lowest BCUT2D eigenvalue weighted by Crippen LogP contribution is -2.48. The largest absolute Gasteiger partial charge is 0.393 e. The molecule has 0 heterocycles. The molecule has 18 heavy (non-hydrogen) atoms. The van der Waals surface area contributed by atoms with Crippen molar-refractivity contribution in [1.82, 2.24) is 5.32 Å². The number of rotatable bonds is 7. The van der Waals surface area contributed by atoms with Crippen LogP contribution in [0, 0.1) is 5.92 Å². The quantitative estimate of drug-likeness (QED) is 0.484. The molecule has 0 unspecified atom stereocenters. The zero-order valence-electron chi connectivity index (χ0n) is 10.8. The first-order valence-electron chi connectivity index (χ1n) is 5.75. The van der Waals surface area contributed by atoms with Gasteiger partial charge in [0.25, 0.3) is 5.52 Å². The van der Waals surface area contributed by atoms with E-state index in [1.54, 1.807) is 6.92 Å². The molecule has 0 aromatic heterocycles. The molecule has 5 N–H and O–H groups in total. The zero-order valence-corrected chi connectivity index (χ0v) is 11.7. The van der Waals surface area contributed by atoms with Gasteiger partial charge in [-0.05, 0) is 18.8 Å². The molecule has 2 atom stereocenters. The summed E-state index contributed by atoms with van der Waals surface area (Å²) in [7, 11) is -4.84. The van der Waals surface area contributed by atoms with E-state index in [4.69, 9.17) is 15.5 Å². The molecule has 0 aliphatic heterocycles. The SMILES string of the molecule is CC[C@@H](NC(=O)[C@@H](N)CC(C)C)C(=O)P(=O)(O)O. The molecule has 0 aromatic rings. The van der Waals surface area contributed by atoms with Crippen LogP contribution in [-0.2, 0) is 14.2 Å². The van der Waals surface area contributed by atoms with Crippen LogP contribution in [0.2, 0.25) is 0 Å². The Morgan fingerprint density at radius 1 is 1.33 bits per heavy atom. The summed E-state index contributed by atoms with van der Waals surface area (Å²) in [6.07, 6.45) is 0.538. The molecule has 0 spiro atoms. The van der Waals surface area contributed by atoms with Crippen molar-refractivity contribution in [2.75, 3.05) is 0 Å². The Bertz CT molecular complexity index is 352. The van der Waals surface area contributed by atoms with Crippen LogP contribution in [0.1, 0.15) is 33.6 Å². The minimum Gasteiger partial charge on any atom is -0.344 e. The lowest BCUT2D eigenvalue weighted by atomic mass is 10.0. The molecular formula is C10H21N2O5P. The standard InChI is InChI=1S/C10H21N2O5P/c1-4-8(10(14)18(15,16)17)12-9(13)7(11)5-6(2)3/h6-8H,4-5,11H2,1-3H3,(H,12,13)(H2,15,16,17)/t7-,8+/m0/s1. The molecule has 7 nitrogen and oxygen atoms in total. The van der Waals surface area contributed by atoms with Crippen molar-refractivity contribution in [3.05, 3.63) is 0 Å². The Hall–Kier alpha value is -0.750. The summed E-state index contributed by atoms with van der Waals surface area (Å²) in [5, 5.41) is 2.27. The van der Waals surface area contributed by atoms with Crippen molar-refractivity contribution >= 4 is 19.0 Å². The molecule has 1 amide bonds. The summed E-state index contributed by atoms with van der Waals surface area (Å²) in [4.78, 5) is 40.5. The first-order valence-corrected chi connectivity index (χ1v) is 7.36. The molecular weight excluding hydrogens is 259 g/mol. The second kappa shape index (κ2) is 6.99. The first kappa shape index (κ1) is 17.2. The average molecular weight is 280 g/mol. The lowest BCUT2D eigenvalue weighted by Gasteiger charge is -2.19. The van der Waals surface area contributed by atoms with Crippen molar-refractivity contribution in [2.24, 2.45) is 11.7 Å². The van der Waals surface area contributed by atoms with Crippen LogP contribution < -0.4 is 11.1 Å². The van der Waals surface area contributed by atoms with Crippen LogP contribution in [0.3, 0.4) is 0 Å². The molecule has 0 bridgehead atoms. The molecule has 8 heteroatoms. The number of carbonyl (C=O) groups is 2. The van der Waals surface area contributed by atoms with E-state index in [2.05, 4.69) is 5.32 Å². The fourth-order valence-corrected chi connectivity index (χ4v) is 2.09. The number of hydrogen-bond acceptors (Lipinski definition) is 4. The van der Waals surface area contributed by atoms with Crippen molar-refractivity contribution in [2.45, 2.75) is 45.7 Å². The van der Waals surface area contributed by atoms with Gasteiger partial charge in [0.05, 0.1) is 12.1 Å². The normalized spacial score (nSPS) is 15.3. The van der Waals surface area contributed by atoms with Crippen LogP contribution >= 0.6 is 7.60 Å². The summed E-state index contributed by atoms with van der Waals surface area (Å²) in [6, 6.07) is -1.99. The molecule has 0 aromatic carbocycles. The number of carbonyl (C=O) groups excluding carboxylic acids is 2. The predicted octanol–water partition coefficient (Wildman–Crippen LogP) is -0.0411. The minimum atomic E-state index is -4.84. The van der Waals surface area contributed by atoms with Gasteiger partial charge in [0.1, 0.15) is 0 Å². The van der Waals surface area contributed by atoms with E-state index >= 15 is 0 Å². The molecule has 0 saturated carbocycles. The van der Waals surface area contributed by atoms with E-state index < -0.39 is 31.1 Å². The Morgan fingerprint density at radius 2 is 1.83 bits per heavy atom. The number of nitrogens with one attached hydrogen (secondary N) is 1. The van der Waals surface area contributed by atoms with E-state index in [-0.39, 0.29) is 12.3 Å². The lowest BCUT2D eigenvalue weighted by molar-refractivity contribution is -0.126. The Kier molecular flexibility index (Phi) is 6.70. The smallest absolute Gasteiger partial charge is 0.344 e. The van der Waals surface area contributed by atoms with E-state index in [9.17, 15) is 14.2 Å². The van der Waals surface area contributed by atoms with E-state index in [0.717, 1.165) is 0 Å². The number of nitrogens with two attached hydrogens (primary N) is 1. The highest BCUT2D eigenvalue weighted by Crippen LogP contribution is 2.37. The van der Waals surface area contributed by atoms with Gasteiger partial charge in [-0.3, -0.25) is 14.2 Å². The summed E-state index contributed by atoms with van der Waals surface area (Å²) in [5.41, 5.74) is 4.33. The van der Waals surface area contributed by atoms with Crippen LogP contribution in [0.4, 0.5) is 0 Å². The maximum atomic E-state index is 11.6. The summed E-state index contributed by atoms with van der Waals surface area (Å²) >= 11 is 0. The van der Waals surface area contributed by atoms with Gasteiger partial charge in [-0.15, -0.1) is 0 Å². The second-order valence-electron chi connectivity index (χ2n) is 4.59. The summed E-state index contributed by atoms with van der Waals surface area (Å²) < 4.78 is 10.8. The van der Waals surface area contributed by atoms with Crippen molar-refractivity contribution in [1.29, 1.82) is 0 Å². The van der Waals surface area contributed by atoms with Crippen LogP contribution in [0.25, 0.3) is 0 Å². The van der Waals surface area contributed by atoms with E-state index in [1.165, 1.54) is 0 Å². The first-order chi connectivity index (χ1) is 8.09. The number of amides is 1. The average Bonchev–Trinajstić information content (AvgIpc) is 2.22. The molecule has 0 aliphatic carbocycles. The van der Waals surface area contributed by atoms with Gasteiger partial charge >= 0.3 is 7.60 Å². The minimum absolute atomic E-state index is 0.101. The Labute approximate surface area is 106 Å². The highest BCUT2D eigenvalue weighted by Gasteiger charge is 2.34. The third kappa shape index (κ3) is 5.73. The highest BCUT2D eigenvalue weighted by molar-refractivity contribution is 7.70. The molecule has 0 aliphatic rings. The van der Waals surface area contributed by atoms with Gasteiger partial charge in [0.2, 0.25) is 5.91 Å². The highest BCUT2D eigenvalue weighted by atomic mass is 31.2. The molecule has 0 fully saturated rings. The maximum absolute atomic E-state index is 11.6. The van der Waals surface area contributed by atoms with Crippen molar-refractivity contribution in [3.63, 3.8) is 0 Å². The van der Waals surface area contributed by atoms with Crippen LogP contribution in [-0.4, -0.2) is 33.3 Å². The van der Waals surface area contributed by atoms with Gasteiger partial charge in [-0.2, -0.15) is 0 Å². The monoisotopic (exact) mass is 280 g/mol. The Morgan fingerprint density at radius 3 is 2.17 bits per heavy atom. The maximum Gasteiger partial charge on any atom is 0.393 e. The third-order valence-corrected chi connectivity index (χ3v) is 3.26. The van der Waals surface area contributed by atoms with Crippen LogP contribution in [0.5, 0.6) is 0 Å².